The lowest BCUT2D eigenvalue weighted by molar-refractivity contribution is 0.189. The van der Waals surface area contributed by atoms with E-state index in [0.717, 1.165) is 35.5 Å². The summed E-state index contributed by atoms with van der Waals surface area (Å²) in [5.41, 5.74) is 2.98. The highest BCUT2D eigenvalue weighted by molar-refractivity contribution is 5.38. The second kappa shape index (κ2) is 6.57. The van der Waals surface area contributed by atoms with Crippen molar-refractivity contribution in [3.05, 3.63) is 47.5 Å². The number of benzene rings is 1. The topological polar surface area (TPSA) is 47.3 Å². The highest BCUT2D eigenvalue weighted by Gasteiger charge is 2.10. The van der Waals surface area contributed by atoms with Crippen molar-refractivity contribution < 1.29 is 9.84 Å². The first kappa shape index (κ1) is 14.6. The van der Waals surface area contributed by atoms with E-state index >= 15 is 0 Å². The fourth-order valence-corrected chi connectivity index (χ4v) is 2.17. The fourth-order valence-electron chi connectivity index (χ4n) is 2.17. The molecule has 1 atom stereocenters. The van der Waals surface area contributed by atoms with Gasteiger partial charge in [-0.25, -0.2) is 4.98 Å². The minimum absolute atomic E-state index is 0.461. The molecule has 0 unspecified atom stereocenters. The summed E-state index contributed by atoms with van der Waals surface area (Å²) < 4.78 is 7.98. The van der Waals surface area contributed by atoms with Gasteiger partial charge in [-0.2, -0.15) is 0 Å². The van der Waals surface area contributed by atoms with Gasteiger partial charge in [-0.15, -0.1) is 0 Å². The van der Waals surface area contributed by atoms with E-state index in [0.29, 0.717) is 6.61 Å². The Morgan fingerprint density at radius 3 is 2.90 bits per heavy atom. The standard InChI is InChI=1S/C16H22N2O2/c1-4-7-18-11-17-9-14(18)10-20-16-8-12(2)5-6-15(16)13(3)19/h5-6,8-9,11,13,19H,4,7,10H2,1-3H3/t13-/m0/s1. The van der Waals surface area contributed by atoms with E-state index in [1.807, 2.05) is 37.6 Å². The van der Waals surface area contributed by atoms with Crippen molar-refractivity contribution >= 4 is 0 Å². The van der Waals surface area contributed by atoms with Crippen LogP contribution < -0.4 is 4.74 Å². The number of aliphatic hydroxyl groups is 1. The maximum absolute atomic E-state index is 9.79. The predicted molar refractivity (Wildman–Crippen MR) is 78.7 cm³/mol. The van der Waals surface area contributed by atoms with Crippen molar-refractivity contribution in [1.29, 1.82) is 0 Å². The van der Waals surface area contributed by atoms with Gasteiger partial charge in [0.05, 0.1) is 24.3 Å². The van der Waals surface area contributed by atoms with Crippen LogP contribution in [-0.2, 0) is 13.2 Å². The Balaban J connectivity index is 2.14. The molecule has 20 heavy (non-hydrogen) atoms. The van der Waals surface area contributed by atoms with Crippen molar-refractivity contribution in [1.82, 2.24) is 9.55 Å². The Morgan fingerprint density at radius 1 is 1.40 bits per heavy atom. The van der Waals surface area contributed by atoms with Gasteiger partial charge < -0.3 is 14.4 Å². The number of rotatable bonds is 6. The molecule has 1 aromatic carbocycles. The summed E-state index contributed by atoms with van der Waals surface area (Å²) in [6.45, 7) is 7.30. The lowest BCUT2D eigenvalue weighted by atomic mass is 10.1. The molecule has 0 aliphatic heterocycles. The van der Waals surface area contributed by atoms with Crippen LogP contribution in [0.15, 0.2) is 30.7 Å². The van der Waals surface area contributed by atoms with Crippen LogP contribution in [0.3, 0.4) is 0 Å². The third kappa shape index (κ3) is 3.39. The van der Waals surface area contributed by atoms with Crippen molar-refractivity contribution in [2.45, 2.75) is 46.4 Å². The molecule has 2 aromatic rings. The van der Waals surface area contributed by atoms with Crippen LogP contribution in [0, 0.1) is 6.92 Å². The average molecular weight is 274 g/mol. The van der Waals surface area contributed by atoms with Crippen molar-refractivity contribution in [2.75, 3.05) is 0 Å². The molecule has 0 saturated carbocycles. The Morgan fingerprint density at radius 2 is 2.20 bits per heavy atom. The molecule has 1 heterocycles. The van der Waals surface area contributed by atoms with Gasteiger partial charge in [-0.3, -0.25) is 0 Å². The summed E-state index contributed by atoms with van der Waals surface area (Å²) in [5.74, 6) is 0.740. The largest absolute Gasteiger partial charge is 0.487 e. The highest BCUT2D eigenvalue weighted by atomic mass is 16.5. The van der Waals surface area contributed by atoms with Crippen LogP contribution in [0.1, 0.15) is 43.2 Å². The molecule has 0 aliphatic carbocycles. The summed E-state index contributed by atoms with van der Waals surface area (Å²) in [4.78, 5) is 4.16. The number of ether oxygens (including phenoxy) is 1. The lowest BCUT2D eigenvalue weighted by Crippen LogP contribution is -2.06. The molecule has 0 radical (unpaired) electrons. The number of imidazole rings is 1. The average Bonchev–Trinajstić information content (AvgIpc) is 2.84. The van der Waals surface area contributed by atoms with Gasteiger partial charge in [-0.05, 0) is 31.9 Å². The number of aryl methyl sites for hydroxylation is 2. The Kier molecular flexibility index (Phi) is 4.79. The van der Waals surface area contributed by atoms with E-state index in [-0.39, 0.29) is 0 Å². The molecule has 0 spiro atoms. The molecule has 2 rings (SSSR count). The predicted octanol–water partition coefficient (Wildman–Crippen LogP) is 3.23. The zero-order valence-corrected chi connectivity index (χ0v) is 12.3. The lowest BCUT2D eigenvalue weighted by Gasteiger charge is -2.15. The van der Waals surface area contributed by atoms with E-state index in [1.165, 1.54) is 0 Å². The van der Waals surface area contributed by atoms with Gasteiger partial charge >= 0.3 is 0 Å². The molecule has 1 aromatic heterocycles. The Bertz CT molecular complexity index is 561. The summed E-state index contributed by atoms with van der Waals surface area (Å²) in [6, 6.07) is 5.86. The molecule has 0 saturated heterocycles. The number of hydrogen-bond acceptors (Lipinski definition) is 3. The monoisotopic (exact) mass is 274 g/mol. The minimum Gasteiger partial charge on any atom is -0.487 e. The van der Waals surface area contributed by atoms with Crippen LogP contribution in [0.2, 0.25) is 0 Å². The smallest absolute Gasteiger partial charge is 0.130 e. The molecule has 4 nitrogen and oxygen atoms in total. The van der Waals surface area contributed by atoms with Crippen LogP contribution in [0.25, 0.3) is 0 Å². The molecule has 1 N–H and O–H groups in total. The Labute approximate surface area is 120 Å². The molecular weight excluding hydrogens is 252 g/mol. The molecule has 0 aliphatic rings. The van der Waals surface area contributed by atoms with E-state index < -0.39 is 6.10 Å². The van der Waals surface area contributed by atoms with E-state index in [4.69, 9.17) is 4.74 Å². The molecular formula is C16H22N2O2. The van der Waals surface area contributed by atoms with Crippen LogP contribution in [-0.4, -0.2) is 14.7 Å². The molecule has 4 heteroatoms. The third-order valence-corrected chi connectivity index (χ3v) is 3.26. The summed E-state index contributed by atoms with van der Waals surface area (Å²) >= 11 is 0. The van der Waals surface area contributed by atoms with E-state index in [2.05, 4.69) is 16.5 Å². The molecule has 0 amide bonds. The second-order valence-corrected chi connectivity index (χ2v) is 5.08. The number of hydrogen-bond donors (Lipinski definition) is 1. The summed E-state index contributed by atoms with van der Waals surface area (Å²) in [7, 11) is 0. The SMILES string of the molecule is CCCn1cncc1COc1cc(C)ccc1[C@H](C)O. The normalized spacial score (nSPS) is 12.4. The van der Waals surface area contributed by atoms with Crippen molar-refractivity contribution in [3.8, 4) is 5.75 Å². The molecule has 0 fully saturated rings. The van der Waals surface area contributed by atoms with Crippen molar-refractivity contribution in [2.24, 2.45) is 0 Å². The maximum atomic E-state index is 9.79. The first-order chi connectivity index (χ1) is 9.61. The third-order valence-electron chi connectivity index (χ3n) is 3.26. The summed E-state index contributed by atoms with van der Waals surface area (Å²) in [5, 5.41) is 9.79. The number of nitrogens with zero attached hydrogens (tertiary/aromatic N) is 2. The first-order valence-corrected chi connectivity index (χ1v) is 7.02. The van der Waals surface area contributed by atoms with Gasteiger partial charge in [0, 0.05) is 12.1 Å². The Hall–Kier alpha value is -1.81. The first-order valence-electron chi connectivity index (χ1n) is 7.02. The zero-order chi connectivity index (χ0) is 14.5. The maximum Gasteiger partial charge on any atom is 0.130 e. The van der Waals surface area contributed by atoms with Gasteiger partial charge in [0.25, 0.3) is 0 Å². The minimum atomic E-state index is -0.536. The second-order valence-electron chi connectivity index (χ2n) is 5.08. The van der Waals surface area contributed by atoms with Crippen LogP contribution in [0.5, 0.6) is 5.75 Å². The van der Waals surface area contributed by atoms with Crippen molar-refractivity contribution in [3.63, 3.8) is 0 Å². The van der Waals surface area contributed by atoms with Gasteiger partial charge in [0.15, 0.2) is 0 Å². The molecule has 0 bridgehead atoms. The quantitative estimate of drug-likeness (QED) is 0.879. The number of aromatic nitrogens is 2. The van der Waals surface area contributed by atoms with Gasteiger partial charge in [-0.1, -0.05) is 19.1 Å². The van der Waals surface area contributed by atoms with E-state index in [9.17, 15) is 5.11 Å². The van der Waals surface area contributed by atoms with Crippen LogP contribution in [0.4, 0.5) is 0 Å². The number of aliphatic hydroxyl groups excluding tert-OH is 1. The van der Waals surface area contributed by atoms with E-state index in [1.54, 1.807) is 6.92 Å². The highest BCUT2D eigenvalue weighted by Crippen LogP contribution is 2.27. The molecule has 108 valence electrons. The van der Waals surface area contributed by atoms with Crippen LogP contribution >= 0.6 is 0 Å². The van der Waals surface area contributed by atoms with Gasteiger partial charge in [0.2, 0.25) is 0 Å². The summed E-state index contributed by atoms with van der Waals surface area (Å²) in [6.07, 6.45) is 4.18. The zero-order valence-electron chi connectivity index (χ0n) is 12.3. The van der Waals surface area contributed by atoms with Gasteiger partial charge in [0.1, 0.15) is 12.4 Å². The fraction of sp³-hybridized carbons (Fsp3) is 0.438.